The molecule has 0 aliphatic heterocycles. The van der Waals surface area contributed by atoms with Crippen LogP contribution in [-0.4, -0.2) is 32.4 Å². The largest absolute Gasteiger partial charge is 0.361 e. The molecule has 1 amide bonds. The van der Waals surface area contributed by atoms with Crippen molar-refractivity contribution in [3.05, 3.63) is 93.0 Å². The molecule has 0 bridgehead atoms. The van der Waals surface area contributed by atoms with E-state index in [0.29, 0.717) is 17.4 Å². The van der Waals surface area contributed by atoms with Crippen molar-refractivity contribution in [2.75, 3.05) is 6.54 Å². The highest BCUT2D eigenvalue weighted by molar-refractivity contribution is 7.10. The number of nitrogens with one attached hydrogen (secondary N) is 2. The molecule has 1 atom stereocenters. The summed E-state index contributed by atoms with van der Waals surface area (Å²) < 4.78 is 1.10. The first kappa shape index (κ1) is 19.2. The van der Waals surface area contributed by atoms with Crippen LogP contribution in [0.1, 0.15) is 16.4 Å². The fraction of sp³-hybridized carbons (Fsp3) is 0.130. The first-order chi connectivity index (χ1) is 15.2. The molecule has 1 unspecified atom stereocenters. The minimum Gasteiger partial charge on any atom is -0.361 e. The minimum atomic E-state index is -0.327. The number of fused-ring (bicyclic) bond motifs is 2. The van der Waals surface area contributed by atoms with E-state index in [0.717, 1.165) is 26.0 Å². The number of carbonyl (C=O) groups is 1. The van der Waals surface area contributed by atoms with Gasteiger partial charge in [-0.05, 0) is 35.2 Å². The van der Waals surface area contributed by atoms with Gasteiger partial charge in [-0.3, -0.25) is 9.59 Å². The summed E-state index contributed by atoms with van der Waals surface area (Å²) in [7, 11) is 0. The smallest absolute Gasteiger partial charge is 0.278 e. The van der Waals surface area contributed by atoms with Crippen molar-refractivity contribution >= 4 is 39.0 Å². The lowest BCUT2D eigenvalue weighted by atomic mass is 9.96. The van der Waals surface area contributed by atoms with E-state index in [1.54, 1.807) is 35.6 Å². The van der Waals surface area contributed by atoms with Crippen LogP contribution in [0, 0.1) is 0 Å². The summed E-state index contributed by atoms with van der Waals surface area (Å²) in [5, 5.41) is 14.5. The van der Waals surface area contributed by atoms with Gasteiger partial charge in [0.05, 0.1) is 5.39 Å². The Balaban J connectivity index is 1.37. The van der Waals surface area contributed by atoms with Crippen molar-refractivity contribution in [1.29, 1.82) is 0 Å². The molecule has 2 aromatic carbocycles. The lowest BCUT2D eigenvalue weighted by molar-refractivity contribution is -0.121. The fourth-order valence-electron chi connectivity index (χ4n) is 3.77. The van der Waals surface area contributed by atoms with E-state index >= 15 is 0 Å². The highest BCUT2D eigenvalue weighted by atomic mass is 32.1. The van der Waals surface area contributed by atoms with Crippen molar-refractivity contribution in [1.82, 2.24) is 25.3 Å². The summed E-state index contributed by atoms with van der Waals surface area (Å²) in [6, 6.07) is 19.2. The number of thiophene rings is 1. The molecule has 3 aromatic heterocycles. The topological polar surface area (TPSA) is 92.7 Å². The monoisotopic (exact) mass is 429 g/mol. The van der Waals surface area contributed by atoms with Gasteiger partial charge in [0.15, 0.2) is 0 Å². The summed E-state index contributed by atoms with van der Waals surface area (Å²) in [6.45, 7) is 0.235. The summed E-state index contributed by atoms with van der Waals surface area (Å²) in [5.41, 5.74) is 2.37. The van der Waals surface area contributed by atoms with Crippen molar-refractivity contribution < 1.29 is 4.79 Å². The SMILES string of the molecule is O=C(Cn1nnc2ccccc2c1=O)NCC(c1cccs1)c1c[nH]c2ccccc12. The number of aromatic nitrogens is 4. The maximum Gasteiger partial charge on any atom is 0.278 e. The Hall–Kier alpha value is -3.78. The van der Waals surface area contributed by atoms with Gasteiger partial charge in [0.1, 0.15) is 12.1 Å². The highest BCUT2D eigenvalue weighted by Gasteiger charge is 2.20. The fourth-order valence-corrected chi connectivity index (χ4v) is 4.62. The maximum absolute atomic E-state index is 12.7. The van der Waals surface area contributed by atoms with Crippen LogP contribution in [0.4, 0.5) is 0 Å². The number of H-pyrrole nitrogens is 1. The maximum atomic E-state index is 12.7. The van der Waals surface area contributed by atoms with Crippen molar-refractivity contribution in [3.8, 4) is 0 Å². The zero-order valence-electron chi connectivity index (χ0n) is 16.5. The first-order valence-corrected chi connectivity index (χ1v) is 10.8. The second kappa shape index (κ2) is 8.16. The quantitative estimate of drug-likeness (QED) is 0.433. The van der Waals surface area contributed by atoms with E-state index in [2.05, 4.69) is 32.7 Å². The molecule has 0 fully saturated rings. The minimum absolute atomic E-state index is 0.000454. The Morgan fingerprint density at radius 1 is 1.06 bits per heavy atom. The van der Waals surface area contributed by atoms with Gasteiger partial charge in [0.2, 0.25) is 5.91 Å². The normalized spacial score (nSPS) is 12.3. The zero-order valence-corrected chi connectivity index (χ0v) is 17.3. The molecule has 0 radical (unpaired) electrons. The summed E-state index contributed by atoms with van der Waals surface area (Å²) >= 11 is 1.65. The van der Waals surface area contributed by atoms with Crippen LogP contribution in [0.25, 0.3) is 21.8 Å². The number of aromatic amines is 1. The van der Waals surface area contributed by atoms with Gasteiger partial charge in [-0.1, -0.05) is 41.6 Å². The number of amides is 1. The number of hydrogen-bond acceptors (Lipinski definition) is 5. The molecule has 3 heterocycles. The molecule has 5 rings (SSSR count). The molecule has 7 nitrogen and oxygen atoms in total. The number of para-hydroxylation sites is 1. The number of hydrogen-bond donors (Lipinski definition) is 2. The second-order valence-electron chi connectivity index (χ2n) is 7.23. The first-order valence-electron chi connectivity index (χ1n) is 9.89. The molecular formula is C23H19N5O2S. The van der Waals surface area contributed by atoms with Gasteiger partial charge in [0.25, 0.3) is 5.56 Å². The summed E-state index contributed by atoms with van der Waals surface area (Å²) in [5.74, 6) is -0.285. The van der Waals surface area contributed by atoms with E-state index in [4.69, 9.17) is 0 Å². The number of carbonyl (C=O) groups excluding carboxylic acids is 1. The van der Waals surface area contributed by atoms with Crippen LogP contribution in [0.3, 0.4) is 0 Å². The van der Waals surface area contributed by atoms with Crippen LogP contribution in [0.5, 0.6) is 0 Å². The van der Waals surface area contributed by atoms with E-state index in [1.165, 1.54) is 0 Å². The molecule has 2 N–H and O–H groups in total. The lowest BCUT2D eigenvalue weighted by Gasteiger charge is -2.16. The average Bonchev–Trinajstić information content (AvgIpc) is 3.47. The molecule has 5 aromatic rings. The molecule has 31 heavy (non-hydrogen) atoms. The van der Waals surface area contributed by atoms with Crippen LogP contribution in [-0.2, 0) is 11.3 Å². The molecular weight excluding hydrogens is 410 g/mol. The van der Waals surface area contributed by atoms with Gasteiger partial charge in [-0.15, -0.1) is 16.4 Å². The van der Waals surface area contributed by atoms with Crippen molar-refractivity contribution in [2.45, 2.75) is 12.5 Å². The molecule has 0 saturated carbocycles. The Labute approximate surface area is 181 Å². The Morgan fingerprint density at radius 2 is 1.87 bits per heavy atom. The zero-order chi connectivity index (χ0) is 21.2. The van der Waals surface area contributed by atoms with Crippen LogP contribution < -0.4 is 10.9 Å². The predicted octanol–water partition coefficient (Wildman–Crippen LogP) is 3.28. The third-order valence-electron chi connectivity index (χ3n) is 5.31. The van der Waals surface area contributed by atoms with Crippen LogP contribution >= 0.6 is 11.3 Å². The Kier molecular flexibility index (Phi) is 5.05. The summed E-state index contributed by atoms with van der Waals surface area (Å²) in [6.07, 6.45) is 2.00. The van der Waals surface area contributed by atoms with Gasteiger partial charge in [-0.25, -0.2) is 4.68 Å². The molecule has 8 heteroatoms. The van der Waals surface area contributed by atoms with E-state index in [1.807, 2.05) is 35.8 Å². The number of nitrogens with zero attached hydrogens (tertiary/aromatic N) is 3. The van der Waals surface area contributed by atoms with E-state index < -0.39 is 0 Å². The molecule has 0 aliphatic carbocycles. The van der Waals surface area contributed by atoms with E-state index in [-0.39, 0.29) is 23.9 Å². The molecule has 0 spiro atoms. The molecule has 154 valence electrons. The predicted molar refractivity (Wildman–Crippen MR) is 121 cm³/mol. The number of benzene rings is 2. The standard InChI is InChI=1S/C23H19N5O2S/c29-22(14-28-23(30)16-7-2-4-9-20(16)26-27-28)25-13-18(21-10-5-11-31-21)17-12-24-19-8-3-1-6-15(17)19/h1-12,18,24H,13-14H2,(H,25,29). The molecule has 0 aliphatic rings. The third kappa shape index (κ3) is 3.73. The average molecular weight is 430 g/mol. The Morgan fingerprint density at radius 3 is 2.71 bits per heavy atom. The van der Waals surface area contributed by atoms with Crippen LogP contribution in [0.2, 0.25) is 0 Å². The van der Waals surface area contributed by atoms with Gasteiger partial charge < -0.3 is 10.3 Å². The number of rotatable bonds is 6. The van der Waals surface area contributed by atoms with E-state index in [9.17, 15) is 9.59 Å². The summed E-state index contributed by atoms with van der Waals surface area (Å²) in [4.78, 5) is 29.7. The van der Waals surface area contributed by atoms with Crippen molar-refractivity contribution in [3.63, 3.8) is 0 Å². The van der Waals surface area contributed by atoms with Gasteiger partial charge >= 0.3 is 0 Å². The highest BCUT2D eigenvalue weighted by Crippen LogP contribution is 2.32. The Bertz CT molecular complexity index is 1420. The third-order valence-corrected chi connectivity index (χ3v) is 6.30. The lowest BCUT2D eigenvalue weighted by Crippen LogP contribution is -2.36. The van der Waals surface area contributed by atoms with Gasteiger partial charge in [-0.2, -0.15) is 0 Å². The molecule has 0 saturated heterocycles. The van der Waals surface area contributed by atoms with Gasteiger partial charge in [0, 0.05) is 34.4 Å². The second-order valence-corrected chi connectivity index (χ2v) is 8.21. The van der Waals surface area contributed by atoms with Crippen molar-refractivity contribution in [2.24, 2.45) is 0 Å². The van der Waals surface area contributed by atoms with Crippen LogP contribution in [0.15, 0.2) is 77.0 Å².